The maximum atomic E-state index is 12.9. The van der Waals surface area contributed by atoms with Gasteiger partial charge in [-0.2, -0.15) is 0 Å². The Bertz CT molecular complexity index is 860. The molecule has 160 valence electrons. The van der Waals surface area contributed by atoms with Crippen LogP contribution in [0.5, 0.6) is 0 Å². The quantitative estimate of drug-likeness (QED) is 0.757. The van der Waals surface area contributed by atoms with Crippen molar-refractivity contribution in [2.45, 2.75) is 25.4 Å². The summed E-state index contributed by atoms with van der Waals surface area (Å²) < 4.78 is 0. The molecule has 1 aromatic carbocycles. The third-order valence-electron chi connectivity index (χ3n) is 6.04. The van der Waals surface area contributed by atoms with Crippen LogP contribution in [0.25, 0.3) is 0 Å². The topological polar surface area (TPSA) is 55.8 Å². The second kappa shape index (κ2) is 9.10. The summed E-state index contributed by atoms with van der Waals surface area (Å²) in [6.07, 6.45) is 5.60. The Morgan fingerprint density at radius 3 is 2.50 bits per heavy atom. The van der Waals surface area contributed by atoms with Gasteiger partial charge >= 0.3 is 0 Å². The molecule has 0 saturated carbocycles. The molecule has 2 aliphatic heterocycles. The number of rotatable bonds is 5. The normalized spacial score (nSPS) is 20.2. The van der Waals surface area contributed by atoms with Crippen LogP contribution in [0.15, 0.2) is 36.7 Å². The molecule has 2 aromatic rings. The third kappa shape index (κ3) is 4.63. The molecule has 7 nitrogen and oxygen atoms in total. The molecule has 0 radical (unpaired) electrons. The summed E-state index contributed by atoms with van der Waals surface area (Å²) in [4.78, 5) is 30.6. The average molecular weight is 409 g/mol. The standard InChI is InChI=1S/C23H32N6O/c1-26(2)17-18-6-8-19(9-7-18)21-5-4-10-29(21)22-16-24-15-20(25-22)23(30)28-13-11-27(3)12-14-28/h6-9,15-16,21H,4-5,10-14,17H2,1-3H3/t21-/m0/s1. The predicted molar refractivity (Wildman–Crippen MR) is 119 cm³/mol. The van der Waals surface area contributed by atoms with Crippen molar-refractivity contribution >= 4 is 11.7 Å². The first-order valence-electron chi connectivity index (χ1n) is 10.8. The molecule has 1 atom stereocenters. The lowest BCUT2D eigenvalue weighted by atomic mass is 10.0. The first kappa shape index (κ1) is 20.8. The Kier molecular flexibility index (Phi) is 6.29. The monoisotopic (exact) mass is 408 g/mol. The summed E-state index contributed by atoms with van der Waals surface area (Å²) >= 11 is 0. The Hall–Kier alpha value is -2.51. The van der Waals surface area contributed by atoms with Gasteiger partial charge in [0.05, 0.1) is 18.4 Å². The fourth-order valence-electron chi connectivity index (χ4n) is 4.37. The van der Waals surface area contributed by atoms with Crippen molar-refractivity contribution in [3.63, 3.8) is 0 Å². The SMILES string of the molecule is CN(C)Cc1ccc([C@@H]2CCCN2c2cncc(C(=O)N3CCN(C)CC3)n2)cc1. The van der Waals surface area contributed by atoms with Crippen LogP contribution >= 0.6 is 0 Å². The number of amides is 1. The maximum absolute atomic E-state index is 12.9. The molecule has 7 heteroatoms. The Labute approximate surface area is 179 Å². The van der Waals surface area contributed by atoms with Gasteiger partial charge in [-0.1, -0.05) is 24.3 Å². The average Bonchev–Trinajstić information content (AvgIpc) is 3.24. The van der Waals surface area contributed by atoms with Gasteiger partial charge in [-0.15, -0.1) is 0 Å². The number of nitrogens with zero attached hydrogens (tertiary/aromatic N) is 6. The highest BCUT2D eigenvalue weighted by Gasteiger charge is 2.29. The summed E-state index contributed by atoms with van der Waals surface area (Å²) in [5.74, 6) is 0.788. The molecular weight excluding hydrogens is 376 g/mol. The molecule has 2 saturated heterocycles. The minimum Gasteiger partial charge on any atom is -0.348 e. The van der Waals surface area contributed by atoms with Gasteiger partial charge in [-0.25, -0.2) is 4.98 Å². The summed E-state index contributed by atoms with van der Waals surface area (Å²) in [5.41, 5.74) is 3.06. The van der Waals surface area contributed by atoms with Crippen molar-refractivity contribution in [3.05, 3.63) is 53.5 Å². The van der Waals surface area contributed by atoms with Crippen molar-refractivity contribution < 1.29 is 4.79 Å². The number of hydrogen-bond donors (Lipinski definition) is 0. The molecule has 2 aliphatic rings. The van der Waals surface area contributed by atoms with Gasteiger partial charge in [0.25, 0.3) is 5.91 Å². The third-order valence-corrected chi connectivity index (χ3v) is 6.04. The van der Waals surface area contributed by atoms with Gasteiger partial charge < -0.3 is 19.6 Å². The maximum Gasteiger partial charge on any atom is 0.274 e. The first-order chi connectivity index (χ1) is 14.5. The van der Waals surface area contributed by atoms with E-state index < -0.39 is 0 Å². The number of benzene rings is 1. The van der Waals surface area contributed by atoms with Crippen LogP contribution in [0.2, 0.25) is 0 Å². The lowest BCUT2D eigenvalue weighted by Gasteiger charge is -2.32. The van der Waals surface area contributed by atoms with Crippen LogP contribution in [0.3, 0.4) is 0 Å². The van der Waals surface area contributed by atoms with Gasteiger partial charge in [0.15, 0.2) is 0 Å². The van der Waals surface area contributed by atoms with E-state index in [0.29, 0.717) is 5.69 Å². The molecule has 0 aliphatic carbocycles. The van der Waals surface area contributed by atoms with Crippen LogP contribution in [0.1, 0.15) is 40.5 Å². The van der Waals surface area contributed by atoms with Crippen LogP contribution in [-0.2, 0) is 6.54 Å². The van der Waals surface area contributed by atoms with E-state index in [0.717, 1.165) is 57.9 Å². The van der Waals surface area contributed by atoms with Gasteiger partial charge in [-0.3, -0.25) is 9.78 Å². The molecule has 4 rings (SSSR count). The number of anilines is 1. The molecule has 0 N–H and O–H groups in total. The van der Waals surface area contributed by atoms with Crippen LogP contribution in [0.4, 0.5) is 5.82 Å². The van der Waals surface area contributed by atoms with Crippen molar-refractivity contribution in [2.24, 2.45) is 0 Å². The molecule has 1 aromatic heterocycles. The van der Waals surface area contributed by atoms with Gasteiger partial charge in [0, 0.05) is 39.3 Å². The van der Waals surface area contributed by atoms with Crippen molar-refractivity contribution in [1.29, 1.82) is 0 Å². The molecule has 0 spiro atoms. The predicted octanol–water partition coefficient (Wildman–Crippen LogP) is 2.27. The van der Waals surface area contributed by atoms with E-state index in [2.05, 4.69) is 65.1 Å². The zero-order chi connectivity index (χ0) is 21.1. The van der Waals surface area contributed by atoms with E-state index in [9.17, 15) is 4.79 Å². The van der Waals surface area contributed by atoms with Crippen molar-refractivity contribution in [2.75, 3.05) is 58.8 Å². The highest BCUT2D eigenvalue weighted by atomic mass is 16.2. The molecule has 0 unspecified atom stereocenters. The molecular formula is C23H32N6O. The highest BCUT2D eigenvalue weighted by Crippen LogP contribution is 2.35. The Morgan fingerprint density at radius 2 is 1.80 bits per heavy atom. The zero-order valence-corrected chi connectivity index (χ0v) is 18.3. The number of piperazine rings is 1. The van der Waals surface area contributed by atoms with Crippen LogP contribution in [0, 0.1) is 0 Å². The lowest BCUT2D eigenvalue weighted by Crippen LogP contribution is -2.47. The van der Waals surface area contributed by atoms with Gasteiger partial charge in [-0.05, 0) is 45.1 Å². The number of likely N-dealkylation sites (N-methyl/N-ethyl adjacent to an activating group) is 1. The minimum atomic E-state index is -0.0127. The van der Waals surface area contributed by atoms with Crippen LogP contribution in [-0.4, -0.2) is 84.4 Å². The van der Waals surface area contributed by atoms with Crippen LogP contribution < -0.4 is 4.90 Å². The van der Waals surface area contributed by atoms with E-state index in [1.807, 2.05) is 4.90 Å². The summed E-state index contributed by atoms with van der Waals surface area (Å²) in [7, 11) is 6.26. The number of carbonyl (C=O) groups excluding carboxylic acids is 1. The van der Waals surface area contributed by atoms with E-state index in [4.69, 9.17) is 4.98 Å². The number of hydrogen-bond acceptors (Lipinski definition) is 6. The number of carbonyl (C=O) groups is 1. The fraction of sp³-hybridized carbons (Fsp3) is 0.522. The zero-order valence-electron chi connectivity index (χ0n) is 18.3. The van der Waals surface area contributed by atoms with E-state index in [1.54, 1.807) is 12.4 Å². The minimum absolute atomic E-state index is 0.0127. The molecule has 2 fully saturated rings. The van der Waals surface area contributed by atoms with E-state index in [1.165, 1.54) is 11.1 Å². The molecule has 1 amide bonds. The summed E-state index contributed by atoms with van der Waals surface area (Å²) in [6.45, 7) is 5.16. The van der Waals surface area contributed by atoms with Crippen molar-refractivity contribution in [3.8, 4) is 0 Å². The van der Waals surface area contributed by atoms with E-state index >= 15 is 0 Å². The molecule has 0 bridgehead atoms. The fourth-order valence-corrected chi connectivity index (χ4v) is 4.37. The van der Waals surface area contributed by atoms with Gasteiger partial charge in [0.2, 0.25) is 0 Å². The van der Waals surface area contributed by atoms with E-state index in [-0.39, 0.29) is 11.9 Å². The number of aromatic nitrogens is 2. The molecule has 30 heavy (non-hydrogen) atoms. The smallest absolute Gasteiger partial charge is 0.274 e. The van der Waals surface area contributed by atoms with Gasteiger partial charge in [0.1, 0.15) is 11.5 Å². The second-order valence-electron chi connectivity index (χ2n) is 8.69. The summed E-state index contributed by atoms with van der Waals surface area (Å²) in [5, 5.41) is 0. The largest absolute Gasteiger partial charge is 0.348 e. The Morgan fingerprint density at radius 1 is 1.07 bits per heavy atom. The van der Waals surface area contributed by atoms with Crippen molar-refractivity contribution in [1.82, 2.24) is 24.7 Å². The second-order valence-corrected chi connectivity index (χ2v) is 8.69. The lowest BCUT2D eigenvalue weighted by molar-refractivity contribution is 0.0658. The first-order valence-corrected chi connectivity index (χ1v) is 10.8. The highest BCUT2D eigenvalue weighted by molar-refractivity contribution is 5.92. The Balaban J connectivity index is 1.50. The molecule has 3 heterocycles. The summed E-state index contributed by atoms with van der Waals surface area (Å²) in [6, 6.07) is 9.17.